The minimum absolute atomic E-state index is 0.111. The number of nitrogens with two attached hydrogens (primary N) is 1. The van der Waals surface area contributed by atoms with Crippen molar-refractivity contribution in [1.82, 2.24) is 15.1 Å². The highest BCUT2D eigenvalue weighted by molar-refractivity contribution is 6.32. The SMILES string of the molecule is Nc1ccc(C2CCCN2C(=O)c2cc(Cl)c3c(c2)OCO3)nn1. The Bertz CT molecular complexity index is 797. The van der Waals surface area contributed by atoms with Crippen LogP contribution in [0.15, 0.2) is 24.3 Å². The van der Waals surface area contributed by atoms with E-state index in [2.05, 4.69) is 10.2 Å². The Hall–Kier alpha value is -2.54. The molecule has 2 aliphatic heterocycles. The van der Waals surface area contributed by atoms with Gasteiger partial charge >= 0.3 is 0 Å². The molecule has 124 valence electrons. The number of aromatic nitrogens is 2. The maximum atomic E-state index is 12.9. The van der Waals surface area contributed by atoms with Crippen molar-refractivity contribution in [3.63, 3.8) is 0 Å². The summed E-state index contributed by atoms with van der Waals surface area (Å²) in [5, 5.41) is 8.38. The van der Waals surface area contributed by atoms with Gasteiger partial charge in [0.05, 0.1) is 16.8 Å². The van der Waals surface area contributed by atoms with Crippen LogP contribution in [0.1, 0.15) is 34.9 Å². The third kappa shape index (κ3) is 2.50. The predicted octanol–water partition coefficient (Wildman–Crippen LogP) is 2.42. The molecular formula is C16H15ClN4O3. The van der Waals surface area contributed by atoms with E-state index in [1.165, 1.54) is 0 Å². The largest absolute Gasteiger partial charge is 0.454 e. The number of rotatable bonds is 2. The van der Waals surface area contributed by atoms with Crippen LogP contribution in [0.4, 0.5) is 5.82 Å². The second-order valence-corrected chi connectivity index (χ2v) is 6.14. The summed E-state index contributed by atoms with van der Waals surface area (Å²) >= 11 is 6.18. The van der Waals surface area contributed by atoms with Crippen molar-refractivity contribution in [3.05, 3.63) is 40.5 Å². The topological polar surface area (TPSA) is 90.6 Å². The standard InChI is InChI=1S/C16H15ClN4O3/c17-10-6-9(7-13-15(10)24-8-23-13)16(22)21-5-1-2-12(21)11-3-4-14(18)20-19-11/h3-4,6-7,12H,1-2,5,8H2,(H2,18,20). The van der Waals surface area contributed by atoms with Crippen LogP contribution in [0.3, 0.4) is 0 Å². The van der Waals surface area contributed by atoms with E-state index >= 15 is 0 Å². The first-order valence-electron chi connectivity index (χ1n) is 7.62. The summed E-state index contributed by atoms with van der Waals surface area (Å²) in [7, 11) is 0. The minimum Gasteiger partial charge on any atom is -0.454 e. The molecule has 24 heavy (non-hydrogen) atoms. The Morgan fingerprint density at radius 1 is 1.29 bits per heavy atom. The van der Waals surface area contributed by atoms with Gasteiger partial charge in [0, 0.05) is 12.1 Å². The molecule has 3 heterocycles. The highest BCUT2D eigenvalue weighted by atomic mass is 35.5. The molecule has 0 saturated carbocycles. The van der Waals surface area contributed by atoms with Crippen molar-refractivity contribution in [3.8, 4) is 11.5 Å². The van der Waals surface area contributed by atoms with E-state index in [-0.39, 0.29) is 18.7 Å². The number of carbonyl (C=O) groups is 1. The Kier molecular flexibility index (Phi) is 3.65. The number of hydrogen-bond acceptors (Lipinski definition) is 6. The summed E-state index contributed by atoms with van der Waals surface area (Å²) in [4.78, 5) is 14.7. The molecular weight excluding hydrogens is 332 g/mol. The van der Waals surface area contributed by atoms with Crippen molar-refractivity contribution >= 4 is 23.3 Å². The number of nitrogen functional groups attached to an aromatic ring is 1. The zero-order chi connectivity index (χ0) is 16.7. The van der Waals surface area contributed by atoms with E-state index in [0.717, 1.165) is 18.5 Å². The van der Waals surface area contributed by atoms with Gasteiger partial charge in [0.1, 0.15) is 5.82 Å². The number of nitrogens with zero attached hydrogens (tertiary/aromatic N) is 3. The summed E-state index contributed by atoms with van der Waals surface area (Å²) < 4.78 is 10.6. The van der Waals surface area contributed by atoms with Crippen molar-refractivity contribution in [2.45, 2.75) is 18.9 Å². The molecule has 1 atom stereocenters. The molecule has 0 radical (unpaired) electrons. The summed E-state index contributed by atoms with van der Waals surface area (Å²) in [6.07, 6.45) is 1.74. The molecule has 2 aromatic rings. The minimum atomic E-state index is -0.116. The molecule has 2 N–H and O–H groups in total. The summed E-state index contributed by atoms with van der Waals surface area (Å²) in [5.41, 5.74) is 6.79. The maximum Gasteiger partial charge on any atom is 0.254 e. The Labute approximate surface area is 143 Å². The quantitative estimate of drug-likeness (QED) is 0.898. The van der Waals surface area contributed by atoms with Crippen molar-refractivity contribution in [2.24, 2.45) is 0 Å². The number of anilines is 1. The number of halogens is 1. The first-order chi connectivity index (χ1) is 11.6. The second kappa shape index (κ2) is 5.83. The van der Waals surface area contributed by atoms with Crippen LogP contribution in [0.2, 0.25) is 5.02 Å². The molecule has 1 aromatic carbocycles. The summed E-state index contributed by atoms with van der Waals surface area (Å²) in [6, 6.07) is 6.67. The van der Waals surface area contributed by atoms with Gasteiger partial charge in [0.2, 0.25) is 6.79 Å². The number of ether oxygens (including phenoxy) is 2. The van der Waals surface area contributed by atoms with E-state index in [1.54, 1.807) is 23.1 Å². The fourth-order valence-corrected chi connectivity index (χ4v) is 3.37. The van der Waals surface area contributed by atoms with Crippen LogP contribution in [-0.2, 0) is 0 Å². The highest BCUT2D eigenvalue weighted by Crippen LogP contribution is 2.41. The van der Waals surface area contributed by atoms with Gasteiger partial charge < -0.3 is 20.1 Å². The normalized spacial score (nSPS) is 18.9. The molecule has 0 aliphatic carbocycles. The van der Waals surface area contributed by atoms with Crippen LogP contribution >= 0.6 is 11.6 Å². The first-order valence-corrected chi connectivity index (χ1v) is 8.00. The maximum absolute atomic E-state index is 12.9. The van der Waals surface area contributed by atoms with Crippen LogP contribution in [0, 0.1) is 0 Å². The molecule has 0 spiro atoms. The Morgan fingerprint density at radius 2 is 2.17 bits per heavy atom. The van der Waals surface area contributed by atoms with E-state index in [9.17, 15) is 4.79 Å². The van der Waals surface area contributed by atoms with Crippen molar-refractivity contribution in [1.29, 1.82) is 0 Å². The number of carbonyl (C=O) groups excluding carboxylic acids is 1. The van der Waals surface area contributed by atoms with Crippen molar-refractivity contribution in [2.75, 3.05) is 19.1 Å². The zero-order valence-corrected chi connectivity index (χ0v) is 13.5. The number of benzene rings is 1. The lowest BCUT2D eigenvalue weighted by Gasteiger charge is -2.24. The van der Waals surface area contributed by atoms with E-state index in [4.69, 9.17) is 26.8 Å². The number of likely N-dealkylation sites (tertiary alicyclic amines) is 1. The number of fused-ring (bicyclic) bond motifs is 1. The van der Waals surface area contributed by atoms with Gasteiger partial charge in [-0.2, -0.15) is 5.10 Å². The molecule has 1 unspecified atom stereocenters. The molecule has 1 fully saturated rings. The lowest BCUT2D eigenvalue weighted by Crippen LogP contribution is -2.31. The summed E-state index contributed by atoms with van der Waals surface area (Å²) in [6.45, 7) is 0.766. The monoisotopic (exact) mass is 346 g/mol. The first kappa shape index (κ1) is 15.0. The van der Waals surface area contributed by atoms with E-state index in [0.29, 0.717) is 34.4 Å². The van der Waals surface area contributed by atoms with Crippen LogP contribution < -0.4 is 15.2 Å². The molecule has 1 amide bonds. The van der Waals surface area contributed by atoms with Crippen LogP contribution in [-0.4, -0.2) is 34.3 Å². The predicted molar refractivity (Wildman–Crippen MR) is 87.0 cm³/mol. The fraction of sp³-hybridized carbons (Fsp3) is 0.312. The molecule has 0 bridgehead atoms. The van der Waals surface area contributed by atoms with Crippen LogP contribution in [0.25, 0.3) is 0 Å². The average molecular weight is 347 g/mol. The average Bonchev–Trinajstić information content (AvgIpc) is 3.24. The van der Waals surface area contributed by atoms with Gasteiger partial charge in [-0.15, -0.1) is 5.10 Å². The molecule has 1 saturated heterocycles. The molecule has 1 aromatic heterocycles. The van der Waals surface area contributed by atoms with Crippen molar-refractivity contribution < 1.29 is 14.3 Å². The third-order valence-corrected chi connectivity index (χ3v) is 4.52. The van der Waals surface area contributed by atoms with Gasteiger partial charge in [-0.25, -0.2) is 0 Å². The zero-order valence-electron chi connectivity index (χ0n) is 12.7. The van der Waals surface area contributed by atoms with Gasteiger partial charge in [-0.05, 0) is 37.1 Å². The van der Waals surface area contributed by atoms with Crippen LogP contribution in [0.5, 0.6) is 11.5 Å². The number of hydrogen-bond donors (Lipinski definition) is 1. The molecule has 4 rings (SSSR count). The van der Waals surface area contributed by atoms with Gasteiger partial charge in [0.15, 0.2) is 11.5 Å². The molecule has 2 aliphatic rings. The molecule has 7 nitrogen and oxygen atoms in total. The Balaban J connectivity index is 1.64. The van der Waals surface area contributed by atoms with E-state index < -0.39 is 0 Å². The van der Waals surface area contributed by atoms with Gasteiger partial charge in [-0.3, -0.25) is 4.79 Å². The smallest absolute Gasteiger partial charge is 0.254 e. The fourth-order valence-electron chi connectivity index (χ4n) is 3.10. The number of amides is 1. The highest BCUT2D eigenvalue weighted by Gasteiger charge is 2.33. The Morgan fingerprint density at radius 3 is 2.96 bits per heavy atom. The second-order valence-electron chi connectivity index (χ2n) is 5.73. The lowest BCUT2D eigenvalue weighted by molar-refractivity contribution is 0.0732. The lowest BCUT2D eigenvalue weighted by atomic mass is 10.1. The van der Waals surface area contributed by atoms with Gasteiger partial charge in [-0.1, -0.05) is 11.6 Å². The molecule has 8 heteroatoms. The third-order valence-electron chi connectivity index (χ3n) is 4.24. The summed E-state index contributed by atoms with van der Waals surface area (Å²) in [5.74, 6) is 1.22. The van der Waals surface area contributed by atoms with Gasteiger partial charge in [0.25, 0.3) is 5.91 Å². The van der Waals surface area contributed by atoms with E-state index in [1.807, 2.05) is 6.07 Å².